The Hall–Kier alpha value is -4.97. The van der Waals surface area contributed by atoms with E-state index in [4.69, 9.17) is 34.4 Å². The molecule has 3 aromatic rings. The molecule has 5 aliphatic carbocycles. The molecular formula is C69H94N4O9. The maximum atomic E-state index is 12.9. The molecule has 1 saturated heterocycles. The van der Waals surface area contributed by atoms with Crippen LogP contribution in [0, 0.1) is 70.2 Å². The first kappa shape index (κ1) is 57.5. The minimum atomic E-state index is -0.896. The Labute approximate surface area is 487 Å². The van der Waals surface area contributed by atoms with Crippen LogP contribution in [0.5, 0.6) is 28.7 Å². The Bertz CT molecular complexity index is 2930. The number of aliphatic hydroxyl groups is 3. The molecule has 9 bridgehead atoms. The molecule has 0 radical (unpaired) electrons. The molecule has 13 nitrogen and oxygen atoms in total. The smallest absolute Gasteiger partial charge is 0.188 e. The van der Waals surface area contributed by atoms with E-state index in [9.17, 15) is 20.4 Å². The summed E-state index contributed by atoms with van der Waals surface area (Å²) in [6, 6.07) is 12.0. The van der Waals surface area contributed by atoms with E-state index >= 15 is 0 Å². The number of hydrogen-bond donors (Lipinski definition) is 7. The number of allylic oxidation sites excluding steroid dienone is 2. The van der Waals surface area contributed by atoms with Crippen molar-refractivity contribution in [2.45, 2.75) is 185 Å². The van der Waals surface area contributed by atoms with Gasteiger partial charge in [-0.1, -0.05) is 64.2 Å². The summed E-state index contributed by atoms with van der Waals surface area (Å²) in [6.07, 6.45) is 23.3. The molecule has 15 rings (SSSR count). The van der Waals surface area contributed by atoms with Crippen molar-refractivity contribution < 1.29 is 44.1 Å². The van der Waals surface area contributed by atoms with E-state index in [0.29, 0.717) is 104 Å². The van der Waals surface area contributed by atoms with Gasteiger partial charge in [0, 0.05) is 68.2 Å². The number of rotatable bonds is 7. The van der Waals surface area contributed by atoms with Crippen molar-refractivity contribution in [3.8, 4) is 51.9 Å². The van der Waals surface area contributed by atoms with Crippen LogP contribution in [0.1, 0.15) is 170 Å². The number of fused-ring (bicyclic) bond motifs is 2. The lowest BCUT2D eigenvalue weighted by Crippen LogP contribution is -2.55. The molecule has 0 aromatic heterocycles. The molecule has 7 heterocycles. The number of benzene rings is 3. The number of nitrogens with zero attached hydrogens (tertiary/aromatic N) is 1. The number of ether oxygens (including phenoxy) is 5. The molecule has 4 fully saturated rings. The molecule has 3 spiro atoms. The van der Waals surface area contributed by atoms with Gasteiger partial charge in [0.15, 0.2) is 17.5 Å². The van der Waals surface area contributed by atoms with Gasteiger partial charge >= 0.3 is 0 Å². The summed E-state index contributed by atoms with van der Waals surface area (Å²) in [6.45, 7) is 9.57. The Kier molecular flexibility index (Phi) is 16.7. The van der Waals surface area contributed by atoms with E-state index in [0.717, 1.165) is 129 Å². The predicted molar refractivity (Wildman–Crippen MR) is 320 cm³/mol. The van der Waals surface area contributed by atoms with Gasteiger partial charge in [0.05, 0.1) is 24.9 Å². The predicted octanol–water partition coefficient (Wildman–Crippen LogP) is 10.9. The summed E-state index contributed by atoms with van der Waals surface area (Å²) in [5, 5.41) is 55.1. The highest BCUT2D eigenvalue weighted by atomic mass is 16.5. The lowest BCUT2D eigenvalue weighted by Gasteiger charge is -2.56. The van der Waals surface area contributed by atoms with Crippen molar-refractivity contribution in [1.82, 2.24) is 10.6 Å². The number of aromatic hydroxyl groups is 1. The van der Waals surface area contributed by atoms with Crippen LogP contribution in [0.25, 0.3) is 11.1 Å². The minimum Gasteiger partial charge on any atom is -0.508 e. The molecule has 0 amide bonds. The van der Waals surface area contributed by atoms with Crippen molar-refractivity contribution in [3.05, 3.63) is 76.4 Å². The molecule has 7 aliphatic heterocycles. The molecule has 444 valence electrons. The number of aliphatic hydroxyl groups excluding tert-OH is 3. The first-order chi connectivity index (χ1) is 39.7. The topological polar surface area (TPSA) is 190 Å². The summed E-state index contributed by atoms with van der Waals surface area (Å²) >= 11 is 0. The molecular weight excluding hydrogens is 1030 g/mol. The van der Waals surface area contributed by atoms with E-state index in [-0.39, 0.29) is 64.6 Å². The largest absolute Gasteiger partial charge is 0.508 e. The molecule has 15 unspecified atom stereocenters. The second-order valence-electron chi connectivity index (χ2n) is 27.5. The molecule has 3 aromatic carbocycles. The quantitative estimate of drug-likeness (QED) is 0.0877. The van der Waals surface area contributed by atoms with Crippen molar-refractivity contribution in [3.63, 3.8) is 0 Å². The summed E-state index contributed by atoms with van der Waals surface area (Å²) < 4.78 is 33.9. The minimum absolute atomic E-state index is 0.00168. The highest BCUT2D eigenvalue weighted by Gasteiger charge is 2.60. The van der Waals surface area contributed by atoms with Gasteiger partial charge in [-0.25, -0.2) is 0 Å². The van der Waals surface area contributed by atoms with Gasteiger partial charge in [0.25, 0.3) is 0 Å². The average Bonchev–Trinajstić information content (AvgIpc) is 3.10. The lowest BCUT2D eigenvalue weighted by atomic mass is 9.54. The Morgan fingerprint density at radius 3 is 2.59 bits per heavy atom. The number of phenolic OH excluding ortho intramolecular Hbond substituents is 1. The number of guanidine groups is 1. The van der Waals surface area contributed by atoms with Crippen LogP contribution in [0.2, 0.25) is 0 Å². The van der Waals surface area contributed by atoms with Crippen molar-refractivity contribution in [1.29, 1.82) is 0 Å². The van der Waals surface area contributed by atoms with E-state index in [1.54, 1.807) is 7.11 Å². The van der Waals surface area contributed by atoms with E-state index in [1.807, 2.05) is 30.3 Å². The number of hydrogen-bond acceptors (Lipinski definition) is 13. The van der Waals surface area contributed by atoms with E-state index in [1.165, 1.54) is 12.8 Å². The van der Waals surface area contributed by atoms with Crippen LogP contribution in [-0.4, -0.2) is 97.3 Å². The van der Waals surface area contributed by atoms with Crippen LogP contribution in [0.4, 0.5) is 0 Å². The standard InChI is InChI=1S/C69H94N4O9/c1-6-43-27-46-14-13-45(43)28-51(75)36-68(20-9-19-67(68)22-25-80-69(39-67)21-7-10-42(35-69)37-71-4)40-73-66(70)72-23-18-52-48(38-74)15-12-44-11-8-24-79-58-17-16-47(32-60(58)82-64(44)52)65-57(77)33-55-59(81-65)34-61(78-5)63-54-30-50(26-41(2)3)56(76)31-49(54)29-53(46)62(55)63/h13-14,16-17,30-32,34,41-46,48,51-53,57,64-65,71,74-77H,6-7,9-12,15,18-23,25-29,33,35-40H2,1-5H3,(H3,70,72,73). The molecule has 15 atom stereocenters. The first-order valence-corrected chi connectivity index (χ1v) is 31.9. The Morgan fingerprint density at radius 2 is 1.77 bits per heavy atom. The third-order valence-corrected chi connectivity index (χ3v) is 22.3. The van der Waals surface area contributed by atoms with Crippen LogP contribution in [0.3, 0.4) is 0 Å². The van der Waals surface area contributed by atoms with Gasteiger partial charge in [0.2, 0.25) is 0 Å². The summed E-state index contributed by atoms with van der Waals surface area (Å²) in [5.41, 5.74) is 13.6. The van der Waals surface area contributed by atoms with E-state index in [2.05, 4.69) is 68.7 Å². The van der Waals surface area contributed by atoms with Gasteiger partial charge in [-0.3, -0.25) is 4.99 Å². The average molecular weight is 1120 g/mol. The molecule has 12 aliphatic rings. The van der Waals surface area contributed by atoms with Crippen molar-refractivity contribution in [2.75, 3.05) is 47.0 Å². The van der Waals surface area contributed by atoms with Crippen molar-refractivity contribution >= 4 is 5.96 Å². The van der Waals surface area contributed by atoms with Gasteiger partial charge in [-0.15, -0.1) is 0 Å². The van der Waals surface area contributed by atoms with E-state index < -0.39 is 18.3 Å². The van der Waals surface area contributed by atoms with Gasteiger partial charge in [0.1, 0.15) is 35.6 Å². The van der Waals surface area contributed by atoms with Gasteiger partial charge in [-0.05, 0) is 214 Å². The maximum Gasteiger partial charge on any atom is 0.188 e. The molecule has 82 heavy (non-hydrogen) atoms. The molecule has 13 heteroatoms. The second kappa shape index (κ2) is 23.8. The number of aliphatic imine (C=N–C) groups is 1. The summed E-state index contributed by atoms with van der Waals surface area (Å²) in [5.74, 6) is 8.18. The Balaban J connectivity index is 0.961. The fourth-order valence-electron chi connectivity index (χ4n) is 18.4. The Morgan fingerprint density at radius 1 is 0.915 bits per heavy atom. The third-order valence-electron chi connectivity index (χ3n) is 22.3. The SMILES string of the molecule is CCC1CC2C=CC1CC(O)CC1(CCCC13CCOC1(CCCC(CNC)C1)C3)CN=C(N)NCCC1C(CO)CCC3CC#COc4ccc(cc4OC31)C1Oc3cc(OC)c4c(c3CC1O)C2Cc1cc(O)c(CC(C)C)cc1-4. The summed E-state index contributed by atoms with van der Waals surface area (Å²) in [7, 11) is 3.80. The van der Waals surface area contributed by atoms with Crippen LogP contribution in [-0.2, 0) is 24.0 Å². The highest BCUT2D eigenvalue weighted by molar-refractivity contribution is 5.84. The second-order valence-corrected chi connectivity index (χ2v) is 27.5. The fraction of sp³-hybridized carbons (Fsp3) is 0.667. The van der Waals surface area contributed by atoms with Crippen LogP contribution < -0.4 is 35.3 Å². The van der Waals surface area contributed by atoms with Crippen LogP contribution >= 0.6 is 0 Å². The number of nitrogens with two attached hydrogens (primary N) is 1. The zero-order valence-corrected chi connectivity index (χ0v) is 49.7. The van der Waals surface area contributed by atoms with Crippen LogP contribution in [0.15, 0.2) is 53.5 Å². The number of methoxy groups -OCH3 is 1. The van der Waals surface area contributed by atoms with Gasteiger partial charge < -0.3 is 60.5 Å². The normalized spacial score (nSPS) is 36.0. The van der Waals surface area contributed by atoms with Crippen molar-refractivity contribution in [2.24, 2.45) is 68.9 Å². The van der Waals surface area contributed by atoms with Gasteiger partial charge in [-0.2, -0.15) is 0 Å². The monoisotopic (exact) mass is 1120 g/mol. The number of phenols is 1. The zero-order chi connectivity index (χ0) is 56.9. The fourth-order valence-corrected chi connectivity index (χ4v) is 18.4. The highest BCUT2D eigenvalue weighted by Crippen LogP contribution is 2.65. The summed E-state index contributed by atoms with van der Waals surface area (Å²) in [4.78, 5) is 5.33. The molecule has 3 saturated carbocycles. The zero-order valence-electron chi connectivity index (χ0n) is 49.7. The number of nitrogens with one attached hydrogen (secondary N) is 2. The molecule has 8 N–H and O–H groups in total. The third kappa shape index (κ3) is 10.9. The maximum absolute atomic E-state index is 12.9. The lowest BCUT2D eigenvalue weighted by molar-refractivity contribution is -0.179. The first-order valence-electron chi connectivity index (χ1n) is 31.9.